The molecule has 0 radical (unpaired) electrons. The van der Waals surface area contributed by atoms with Gasteiger partial charge in [0.25, 0.3) is 5.69 Å². The zero-order valence-corrected chi connectivity index (χ0v) is 11.7. The van der Waals surface area contributed by atoms with Gasteiger partial charge < -0.3 is 5.32 Å². The van der Waals surface area contributed by atoms with Crippen molar-refractivity contribution in [3.8, 4) is 0 Å². The molecule has 104 valence electrons. The minimum Gasteiger partial charge on any atom is -0.378 e. The Kier molecular flexibility index (Phi) is 4.29. The van der Waals surface area contributed by atoms with Crippen molar-refractivity contribution in [3.63, 3.8) is 0 Å². The maximum absolute atomic E-state index is 13.6. The third-order valence-corrected chi connectivity index (χ3v) is 3.14. The molecule has 0 aliphatic carbocycles. The molecule has 0 aliphatic heterocycles. The first-order valence-electron chi connectivity index (χ1n) is 5.59. The molecule has 0 saturated heterocycles. The predicted molar refractivity (Wildman–Crippen MR) is 74.5 cm³/mol. The molecule has 0 bridgehead atoms. The van der Waals surface area contributed by atoms with Crippen LogP contribution in [0, 0.1) is 21.7 Å². The first-order valence-corrected chi connectivity index (χ1v) is 6.38. The van der Waals surface area contributed by atoms with Gasteiger partial charge in [-0.2, -0.15) is 0 Å². The third-order valence-electron chi connectivity index (χ3n) is 2.65. The fourth-order valence-electron chi connectivity index (χ4n) is 1.62. The van der Waals surface area contributed by atoms with E-state index in [1.54, 1.807) is 12.1 Å². The lowest BCUT2D eigenvalue weighted by Crippen LogP contribution is -2.04. The summed E-state index contributed by atoms with van der Waals surface area (Å²) in [4.78, 5) is 9.81. The van der Waals surface area contributed by atoms with Gasteiger partial charge >= 0.3 is 0 Å². The standard InChI is InChI=1S/C13H9BrF2N2O2/c14-9-2-1-8(11(15)5-9)7-17-13-4-3-10(18(19)20)6-12(13)16/h1-6,17H,7H2. The quantitative estimate of drug-likeness (QED) is 0.667. The molecule has 20 heavy (non-hydrogen) atoms. The van der Waals surface area contributed by atoms with Crippen molar-refractivity contribution in [1.29, 1.82) is 0 Å². The van der Waals surface area contributed by atoms with Crippen LogP contribution < -0.4 is 5.32 Å². The van der Waals surface area contributed by atoms with Crippen LogP contribution >= 0.6 is 15.9 Å². The molecule has 0 amide bonds. The number of nitrogens with zero attached hydrogens (tertiary/aromatic N) is 1. The molecule has 2 aromatic carbocycles. The number of non-ortho nitro benzene ring substituents is 1. The van der Waals surface area contributed by atoms with E-state index in [4.69, 9.17) is 0 Å². The number of rotatable bonds is 4. The molecular formula is C13H9BrF2N2O2. The van der Waals surface area contributed by atoms with Crippen LogP contribution in [0.1, 0.15) is 5.56 Å². The monoisotopic (exact) mass is 342 g/mol. The number of nitro groups is 1. The van der Waals surface area contributed by atoms with E-state index in [-0.39, 0.29) is 17.9 Å². The normalized spacial score (nSPS) is 10.3. The number of nitrogens with one attached hydrogen (secondary N) is 1. The summed E-state index contributed by atoms with van der Waals surface area (Å²) in [5.41, 5.74) is 0.117. The summed E-state index contributed by atoms with van der Waals surface area (Å²) in [5.74, 6) is -1.18. The number of hydrogen-bond acceptors (Lipinski definition) is 3. The second-order valence-corrected chi connectivity index (χ2v) is 4.93. The van der Waals surface area contributed by atoms with E-state index in [0.29, 0.717) is 10.0 Å². The Morgan fingerprint density at radius 3 is 2.50 bits per heavy atom. The molecule has 2 rings (SSSR count). The summed E-state index contributed by atoms with van der Waals surface area (Å²) in [6.45, 7) is 0.0772. The van der Waals surface area contributed by atoms with Gasteiger partial charge in [-0.1, -0.05) is 22.0 Å². The summed E-state index contributed by atoms with van der Waals surface area (Å²) < 4.78 is 27.8. The fourth-order valence-corrected chi connectivity index (χ4v) is 1.95. The highest BCUT2D eigenvalue weighted by molar-refractivity contribution is 9.10. The molecule has 0 fully saturated rings. The molecular weight excluding hydrogens is 334 g/mol. The zero-order valence-electron chi connectivity index (χ0n) is 10.1. The Labute approximate surface area is 121 Å². The number of anilines is 1. The van der Waals surface area contributed by atoms with E-state index in [1.807, 2.05) is 0 Å². The Hall–Kier alpha value is -2.02. The number of nitro benzene ring substituents is 1. The lowest BCUT2D eigenvalue weighted by Gasteiger charge is -2.08. The Balaban J connectivity index is 2.13. The SMILES string of the molecule is O=[N+]([O-])c1ccc(NCc2ccc(Br)cc2F)c(F)c1. The molecule has 0 aromatic heterocycles. The highest BCUT2D eigenvalue weighted by atomic mass is 79.9. The Morgan fingerprint density at radius 1 is 1.15 bits per heavy atom. The first-order chi connectivity index (χ1) is 9.47. The smallest absolute Gasteiger partial charge is 0.272 e. The molecule has 4 nitrogen and oxygen atoms in total. The van der Waals surface area contributed by atoms with Gasteiger partial charge in [-0.15, -0.1) is 0 Å². The van der Waals surface area contributed by atoms with Crippen LogP contribution in [0.4, 0.5) is 20.2 Å². The van der Waals surface area contributed by atoms with Crippen molar-refractivity contribution in [2.24, 2.45) is 0 Å². The topological polar surface area (TPSA) is 55.2 Å². The summed E-state index contributed by atoms with van der Waals surface area (Å²) in [6.07, 6.45) is 0. The minimum absolute atomic E-state index is 0.0772. The molecule has 0 spiro atoms. The van der Waals surface area contributed by atoms with Gasteiger partial charge in [-0.05, 0) is 18.2 Å². The minimum atomic E-state index is -0.753. The van der Waals surface area contributed by atoms with E-state index < -0.39 is 16.6 Å². The first kappa shape index (κ1) is 14.4. The van der Waals surface area contributed by atoms with Crippen molar-refractivity contribution >= 4 is 27.3 Å². The number of hydrogen-bond donors (Lipinski definition) is 1. The van der Waals surface area contributed by atoms with Crippen LogP contribution in [-0.2, 0) is 6.54 Å². The summed E-state index contributed by atoms with van der Waals surface area (Å²) in [7, 11) is 0. The molecule has 1 N–H and O–H groups in total. The van der Waals surface area contributed by atoms with Crippen LogP contribution in [0.3, 0.4) is 0 Å². The Morgan fingerprint density at radius 2 is 1.90 bits per heavy atom. The van der Waals surface area contributed by atoms with Crippen molar-refractivity contribution in [2.45, 2.75) is 6.54 Å². The molecule has 0 unspecified atom stereocenters. The molecule has 0 atom stereocenters. The zero-order chi connectivity index (χ0) is 14.7. The van der Waals surface area contributed by atoms with Crippen LogP contribution in [0.15, 0.2) is 40.9 Å². The van der Waals surface area contributed by atoms with Gasteiger partial charge in [0, 0.05) is 22.6 Å². The predicted octanol–water partition coefficient (Wildman–Crippen LogP) is 4.25. The molecule has 2 aromatic rings. The highest BCUT2D eigenvalue weighted by Crippen LogP contribution is 2.22. The van der Waals surface area contributed by atoms with Gasteiger partial charge in [0.15, 0.2) is 5.82 Å². The lowest BCUT2D eigenvalue weighted by atomic mass is 10.2. The average molecular weight is 343 g/mol. The van der Waals surface area contributed by atoms with Crippen molar-refractivity contribution < 1.29 is 13.7 Å². The maximum atomic E-state index is 13.6. The van der Waals surface area contributed by atoms with Crippen LogP contribution in [0.25, 0.3) is 0 Å². The second-order valence-electron chi connectivity index (χ2n) is 4.01. The summed E-state index contributed by atoms with van der Waals surface area (Å²) in [5, 5.41) is 13.2. The van der Waals surface area contributed by atoms with Gasteiger partial charge in [0.2, 0.25) is 0 Å². The molecule has 0 heterocycles. The summed E-state index contributed by atoms with van der Waals surface area (Å²) in [6, 6.07) is 7.80. The molecule has 0 aliphatic rings. The van der Waals surface area contributed by atoms with Crippen LogP contribution in [-0.4, -0.2) is 4.92 Å². The Bertz CT molecular complexity index is 665. The van der Waals surface area contributed by atoms with Crippen molar-refractivity contribution in [2.75, 3.05) is 5.32 Å². The van der Waals surface area contributed by atoms with Crippen LogP contribution in [0.5, 0.6) is 0 Å². The summed E-state index contributed by atoms with van der Waals surface area (Å²) >= 11 is 3.14. The van der Waals surface area contributed by atoms with Crippen LogP contribution in [0.2, 0.25) is 0 Å². The largest absolute Gasteiger partial charge is 0.378 e. The van der Waals surface area contributed by atoms with E-state index in [0.717, 1.165) is 6.07 Å². The van der Waals surface area contributed by atoms with Crippen molar-refractivity contribution in [3.05, 3.63) is 68.2 Å². The van der Waals surface area contributed by atoms with Gasteiger partial charge in [-0.25, -0.2) is 8.78 Å². The van der Waals surface area contributed by atoms with E-state index >= 15 is 0 Å². The van der Waals surface area contributed by atoms with E-state index in [2.05, 4.69) is 21.2 Å². The fraction of sp³-hybridized carbons (Fsp3) is 0.0769. The number of benzene rings is 2. The molecule has 0 saturated carbocycles. The van der Waals surface area contributed by atoms with Gasteiger partial charge in [-0.3, -0.25) is 10.1 Å². The molecule has 7 heteroatoms. The highest BCUT2D eigenvalue weighted by Gasteiger charge is 2.11. The second kappa shape index (κ2) is 5.96. The average Bonchev–Trinajstić information content (AvgIpc) is 2.38. The maximum Gasteiger partial charge on any atom is 0.272 e. The number of halogens is 3. The van der Waals surface area contributed by atoms with Crippen molar-refractivity contribution in [1.82, 2.24) is 0 Å². The third kappa shape index (κ3) is 3.30. The lowest BCUT2D eigenvalue weighted by molar-refractivity contribution is -0.385. The van der Waals surface area contributed by atoms with E-state index in [9.17, 15) is 18.9 Å². The van der Waals surface area contributed by atoms with Gasteiger partial charge in [0.05, 0.1) is 16.7 Å². The van der Waals surface area contributed by atoms with E-state index in [1.165, 1.54) is 18.2 Å². The van der Waals surface area contributed by atoms with Gasteiger partial charge in [0.1, 0.15) is 5.82 Å².